The van der Waals surface area contributed by atoms with Crippen LogP contribution in [0.3, 0.4) is 0 Å². The lowest BCUT2D eigenvalue weighted by molar-refractivity contribution is -0.0791. The number of para-hydroxylation sites is 1. The highest BCUT2D eigenvalue weighted by Crippen LogP contribution is 2.27. The number of nitrogens with zero attached hydrogens (tertiary/aromatic N) is 1. The topological polar surface area (TPSA) is 51.6 Å². The van der Waals surface area contributed by atoms with Crippen LogP contribution in [0.1, 0.15) is 5.69 Å². The first kappa shape index (κ1) is 10.5. The summed E-state index contributed by atoms with van der Waals surface area (Å²) in [6.07, 6.45) is 0.118. The number of aliphatic hydroxyl groups excluding tert-OH is 1. The molecule has 0 bridgehead atoms. The molecule has 0 atom stereocenters. The molecule has 17 heavy (non-hydrogen) atoms. The van der Waals surface area contributed by atoms with Crippen molar-refractivity contribution in [3.8, 4) is 5.75 Å². The summed E-state index contributed by atoms with van der Waals surface area (Å²) in [6.45, 7) is 1.18. The van der Waals surface area contributed by atoms with Gasteiger partial charge < -0.3 is 14.6 Å². The van der Waals surface area contributed by atoms with Crippen LogP contribution < -0.4 is 4.74 Å². The lowest BCUT2D eigenvalue weighted by Gasteiger charge is -2.27. The standard InChI is InChI=1S/C13H13NO3/c15-6-9-5-13(17-10-7-16-8-10)11-3-1-2-4-12(11)14-9/h1-5,10,15H,6-8H2. The van der Waals surface area contributed by atoms with Crippen molar-refractivity contribution in [2.24, 2.45) is 0 Å². The highest BCUT2D eigenvalue weighted by Gasteiger charge is 2.21. The van der Waals surface area contributed by atoms with Gasteiger partial charge in [0.15, 0.2) is 0 Å². The van der Waals surface area contributed by atoms with Gasteiger partial charge in [-0.05, 0) is 12.1 Å². The van der Waals surface area contributed by atoms with Crippen LogP contribution in [0.5, 0.6) is 5.75 Å². The highest BCUT2D eigenvalue weighted by molar-refractivity contribution is 5.85. The average molecular weight is 231 g/mol. The number of pyridine rings is 1. The number of rotatable bonds is 3. The van der Waals surface area contributed by atoms with Gasteiger partial charge in [0.25, 0.3) is 0 Å². The number of hydrogen-bond acceptors (Lipinski definition) is 4. The molecule has 2 aromatic rings. The molecule has 2 heterocycles. The van der Waals surface area contributed by atoms with E-state index in [0.717, 1.165) is 16.7 Å². The maximum atomic E-state index is 9.18. The molecule has 3 rings (SSSR count). The Morgan fingerprint density at radius 3 is 2.88 bits per heavy atom. The minimum absolute atomic E-state index is 0.0810. The molecule has 88 valence electrons. The Kier molecular flexibility index (Phi) is 2.66. The van der Waals surface area contributed by atoms with E-state index in [1.165, 1.54) is 0 Å². The molecule has 1 aromatic carbocycles. The van der Waals surface area contributed by atoms with Crippen molar-refractivity contribution < 1.29 is 14.6 Å². The van der Waals surface area contributed by atoms with Crippen LogP contribution in [0.15, 0.2) is 30.3 Å². The fourth-order valence-electron chi connectivity index (χ4n) is 1.84. The Labute approximate surface area is 98.8 Å². The minimum atomic E-state index is -0.0810. The number of aromatic nitrogens is 1. The Balaban J connectivity index is 2.05. The zero-order valence-corrected chi connectivity index (χ0v) is 9.30. The van der Waals surface area contributed by atoms with Crippen molar-refractivity contribution in [2.75, 3.05) is 13.2 Å². The van der Waals surface area contributed by atoms with Crippen LogP contribution in [-0.2, 0) is 11.3 Å². The summed E-state index contributed by atoms with van der Waals surface area (Å²) in [4.78, 5) is 4.34. The summed E-state index contributed by atoms with van der Waals surface area (Å²) in [5.74, 6) is 0.771. The number of aliphatic hydroxyl groups is 1. The Morgan fingerprint density at radius 1 is 1.35 bits per heavy atom. The molecular formula is C13H13NO3. The van der Waals surface area contributed by atoms with Crippen molar-refractivity contribution in [1.82, 2.24) is 4.98 Å². The van der Waals surface area contributed by atoms with Crippen LogP contribution in [0.25, 0.3) is 10.9 Å². The van der Waals surface area contributed by atoms with E-state index in [9.17, 15) is 5.11 Å². The van der Waals surface area contributed by atoms with Crippen molar-refractivity contribution in [1.29, 1.82) is 0 Å². The summed E-state index contributed by atoms with van der Waals surface area (Å²) >= 11 is 0. The van der Waals surface area contributed by atoms with Crippen molar-refractivity contribution in [3.05, 3.63) is 36.0 Å². The summed E-state index contributed by atoms with van der Waals surface area (Å²) in [5.41, 5.74) is 1.47. The molecule has 1 aliphatic heterocycles. The van der Waals surface area contributed by atoms with Crippen LogP contribution in [0, 0.1) is 0 Å². The van der Waals surface area contributed by atoms with Crippen molar-refractivity contribution >= 4 is 10.9 Å². The summed E-state index contributed by atoms with van der Waals surface area (Å²) in [6, 6.07) is 9.55. The molecule has 1 fully saturated rings. The zero-order chi connectivity index (χ0) is 11.7. The lowest BCUT2D eigenvalue weighted by atomic mass is 10.2. The van der Waals surface area contributed by atoms with Gasteiger partial charge in [0.05, 0.1) is 31.0 Å². The minimum Gasteiger partial charge on any atom is -0.485 e. The van der Waals surface area contributed by atoms with E-state index in [1.807, 2.05) is 24.3 Å². The predicted molar refractivity (Wildman–Crippen MR) is 62.9 cm³/mol. The molecule has 1 aliphatic rings. The van der Waals surface area contributed by atoms with Gasteiger partial charge in [0.2, 0.25) is 0 Å². The van der Waals surface area contributed by atoms with E-state index in [2.05, 4.69) is 4.98 Å². The van der Waals surface area contributed by atoms with Gasteiger partial charge in [-0.15, -0.1) is 0 Å². The Hall–Kier alpha value is -1.65. The summed E-state index contributed by atoms with van der Waals surface area (Å²) in [7, 11) is 0. The molecule has 1 N–H and O–H groups in total. The van der Waals surface area contributed by atoms with Gasteiger partial charge in [0.1, 0.15) is 11.9 Å². The monoisotopic (exact) mass is 231 g/mol. The first-order valence-electron chi connectivity index (χ1n) is 5.61. The molecule has 0 spiro atoms. The van der Waals surface area contributed by atoms with Gasteiger partial charge in [-0.25, -0.2) is 0 Å². The zero-order valence-electron chi connectivity index (χ0n) is 9.30. The summed E-state index contributed by atoms with van der Waals surface area (Å²) < 4.78 is 10.9. The first-order chi connectivity index (χ1) is 8.36. The quantitative estimate of drug-likeness (QED) is 0.869. The van der Waals surface area contributed by atoms with Crippen molar-refractivity contribution in [3.63, 3.8) is 0 Å². The van der Waals surface area contributed by atoms with Gasteiger partial charge in [-0.2, -0.15) is 0 Å². The molecule has 4 heteroatoms. The second kappa shape index (κ2) is 4.31. The lowest BCUT2D eigenvalue weighted by Crippen LogP contribution is -2.38. The molecule has 1 saturated heterocycles. The SMILES string of the molecule is OCc1cc(OC2COC2)c2ccccc2n1. The van der Waals surface area contributed by atoms with Crippen LogP contribution in [0.4, 0.5) is 0 Å². The number of benzene rings is 1. The van der Waals surface area contributed by atoms with E-state index in [1.54, 1.807) is 6.07 Å². The third kappa shape index (κ3) is 1.97. The molecule has 4 nitrogen and oxygen atoms in total. The maximum Gasteiger partial charge on any atom is 0.145 e. The molecular weight excluding hydrogens is 218 g/mol. The number of ether oxygens (including phenoxy) is 2. The highest BCUT2D eigenvalue weighted by atomic mass is 16.6. The molecule has 1 aromatic heterocycles. The molecule has 0 unspecified atom stereocenters. The molecule has 0 radical (unpaired) electrons. The Bertz CT molecular complexity index is 537. The van der Waals surface area contributed by atoms with Gasteiger partial charge in [-0.3, -0.25) is 4.98 Å². The average Bonchev–Trinajstić information content (AvgIpc) is 2.33. The van der Waals surface area contributed by atoms with Crippen LogP contribution in [-0.4, -0.2) is 29.4 Å². The van der Waals surface area contributed by atoms with Crippen molar-refractivity contribution in [2.45, 2.75) is 12.7 Å². The normalized spacial score (nSPS) is 15.8. The fourth-order valence-corrected chi connectivity index (χ4v) is 1.84. The predicted octanol–water partition coefficient (Wildman–Crippen LogP) is 1.50. The number of fused-ring (bicyclic) bond motifs is 1. The van der Waals surface area contributed by atoms with E-state index in [4.69, 9.17) is 9.47 Å². The Morgan fingerprint density at radius 2 is 2.18 bits per heavy atom. The molecule has 0 saturated carbocycles. The van der Waals surface area contributed by atoms with Crippen LogP contribution >= 0.6 is 0 Å². The van der Waals surface area contributed by atoms with E-state index in [-0.39, 0.29) is 12.7 Å². The van der Waals surface area contributed by atoms with Gasteiger partial charge >= 0.3 is 0 Å². The molecule has 0 amide bonds. The second-order valence-electron chi connectivity index (χ2n) is 4.06. The van der Waals surface area contributed by atoms with Crippen LogP contribution in [0.2, 0.25) is 0 Å². The first-order valence-corrected chi connectivity index (χ1v) is 5.61. The fraction of sp³-hybridized carbons (Fsp3) is 0.308. The molecule has 0 aliphatic carbocycles. The second-order valence-corrected chi connectivity index (χ2v) is 4.06. The third-order valence-corrected chi connectivity index (χ3v) is 2.79. The van der Waals surface area contributed by atoms with E-state index in [0.29, 0.717) is 18.9 Å². The van der Waals surface area contributed by atoms with Gasteiger partial charge in [0, 0.05) is 11.5 Å². The van der Waals surface area contributed by atoms with E-state index < -0.39 is 0 Å². The van der Waals surface area contributed by atoms with E-state index >= 15 is 0 Å². The van der Waals surface area contributed by atoms with Gasteiger partial charge in [-0.1, -0.05) is 12.1 Å². The third-order valence-electron chi connectivity index (χ3n) is 2.79. The number of hydrogen-bond donors (Lipinski definition) is 1. The smallest absolute Gasteiger partial charge is 0.145 e. The summed E-state index contributed by atoms with van der Waals surface area (Å²) in [5, 5.41) is 10.2. The maximum absolute atomic E-state index is 9.18. The largest absolute Gasteiger partial charge is 0.485 e.